The minimum absolute atomic E-state index is 0.0252. The minimum Gasteiger partial charge on any atom is -0.360 e. The van der Waals surface area contributed by atoms with Crippen molar-refractivity contribution in [3.63, 3.8) is 0 Å². The van der Waals surface area contributed by atoms with Crippen molar-refractivity contribution in [3.05, 3.63) is 11.8 Å². The molecule has 2 heterocycles. The summed E-state index contributed by atoms with van der Waals surface area (Å²) >= 11 is 1.35. The van der Waals surface area contributed by atoms with Crippen LogP contribution in [0.1, 0.15) is 31.9 Å². The van der Waals surface area contributed by atoms with Gasteiger partial charge in [-0.1, -0.05) is 18.5 Å². The number of anilines is 1. The van der Waals surface area contributed by atoms with E-state index in [4.69, 9.17) is 4.52 Å². The van der Waals surface area contributed by atoms with Gasteiger partial charge in [-0.25, -0.2) is 0 Å². The van der Waals surface area contributed by atoms with Gasteiger partial charge in [0.25, 0.3) is 0 Å². The SMILES string of the molecule is CCCC1CC(=O)NC(SCC(=O)Nc2cc(C)on2)N1. The highest BCUT2D eigenvalue weighted by atomic mass is 32.2. The Bertz CT molecular complexity index is 505. The molecule has 1 aromatic rings. The van der Waals surface area contributed by atoms with Crippen LogP contribution in [0.2, 0.25) is 0 Å². The summed E-state index contributed by atoms with van der Waals surface area (Å²) in [5.41, 5.74) is -0.229. The van der Waals surface area contributed by atoms with Crippen LogP contribution in [-0.2, 0) is 9.59 Å². The van der Waals surface area contributed by atoms with Crippen LogP contribution < -0.4 is 16.0 Å². The molecule has 0 bridgehead atoms. The zero-order valence-electron chi connectivity index (χ0n) is 12.1. The van der Waals surface area contributed by atoms with Gasteiger partial charge < -0.3 is 15.2 Å². The van der Waals surface area contributed by atoms with Crippen LogP contribution in [0.5, 0.6) is 0 Å². The van der Waals surface area contributed by atoms with Gasteiger partial charge in [0.05, 0.1) is 5.75 Å². The van der Waals surface area contributed by atoms with Crippen molar-refractivity contribution in [2.24, 2.45) is 0 Å². The Labute approximate surface area is 127 Å². The maximum atomic E-state index is 11.8. The van der Waals surface area contributed by atoms with Crippen LogP contribution in [0.4, 0.5) is 5.82 Å². The number of aromatic nitrogens is 1. The molecular formula is C13H20N4O3S. The van der Waals surface area contributed by atoms with Gasteiger partial charge in [-0.05, 0) is 13.3 Å². The molecule has 2 unspecified atom stereocenters. The van der Waals surface area contributed by atoms with E-state index < -0.39 is 0 Å². The zero-order chi connectivity index (χ0) is 15.2. The quantitative estimate of drug-likeness (QED) is 0.731. The zero-order valence-corrected chi connectivity index (χ0v) is 13.0. The summed E-state index contributed by atoms with van der Waals surface area (Å²) in [6, 6.07) is 1.84. The third-order valence-electron chi connectivity index (χ3n) is 3.02. The van der Waals surface area contributed by atoms with E-state index in [1.54, 1.807) is 13.0 Å². The number of nitrogens with zero attached hydrogens (tertiary/aromatic N) is 1. The van der Waals surface area contributed by atoms with Crippen molar-refractivity contribution in [2.75, 3.05) is 11.1 Å². The second kappa shape index (κ2) is 7.46. The van der Waals surface area contributed by atoms with E-state index in [9.17, 15) is 9.59 Å². The maximum absolute atomic E-state index is 11.8. The van der Waals surface area contributed by atoms with Gasteiger partial charge in [0.15, 0.2) is 5.82 Å². The van der Waals surface area contributed by atoms with E-state index in [0.717, 1.165) is 12.8 Å². The molecule has 0 spiro atoms. The molecule has 1 aliphatic rings. The molecule has 2 amide bonds. The van der Waals surface area contributed by atoms with E-state index in [1.165, 1.54) is 11.8 Å². The fraction of sp³-hybridized carbons (Fsp3) is 0.615. The summed E-state index contributed by atoms with van der Waals surface area (Å²) in [5, 5.41) is 12.5. The predicted octanol–water partition coefficient (Wildman–Crippen LogP) is 1.22. The Hall–Kier alpha value is -1.54. The molecular weight excluding hydrogens is 292 g/mol. The van der Waals surface area contributed by atoms with Crippen LogP contribution in [0.15, 0.2) is 10.6 Å². The first-order valence-electron chi connectivity index (χ1n) is 6.97. The average molecular weight is 312 g/mol. The van der Waals surface area contributed by atoms with Crippen molar-refractivity contribution in [2.45, 2.75) is 44.6 Å². The average Bonchev–Trinajstić information content (AvgIpc) is 2.81. The summed E-state index contributed by atoms with van der Waals surface area (Å²) in [5.74, 6) is 1.12. The van der Waals surface area contributed by atoms with Crippen molar-refractivity contribution in [3.8, 4) is 0 Å². The van der Waals surface area contributed by atoms with E-state index in [-0.39, 0.29) is 29.1 Å². The van der Waals surface area contributed by atoms with Crippen LogP contribution in [0.3, 0.4) is 0 Å². The molecule has 1 aromatic heterocycles. The monoisotopic (exact) mass is 312 g/mol. The largest absolute Gasteiger partial charge is 0.360 e. The minimum atomic E-state index is -0.229. The normalized spacial score (nSPS) is 21.9. The molecule has 0 saturated carbocycles. The van der Waals surface area contributed by atoms with Gasteiger partial charge in [0.2, 0.25) is 11.8 Å². The van der Waals surface area contributed by atoms with Crippen molar-refractivity contribution in [1.82, 2.24) is 15.8 Å². The first-order chi connectivity index (χ1) is 10.1. The second-order valence-electron chi connectivity index (χ2n) is 4.99. The maximum Gasteiger partial charge on any atom is 0.235 e. The fourth-order valence-corrected chi connectivity index (χ4v) is 3.02. The Kier molecular flexibility index (Phi) is 5.63. The molecule has 2 atom stereocenters. The van der Waals surface area contributed by atoms with Gasteiger partial charge in [-0.2, -0.15) is 0 Å². The molecule has 1 aliphatic heterocycles. The van der Waals surface area contributed by atoms with Crippen molar-refractivity contribution in [1.29, 1.82) is 0 Å². The van der Waals surface area contributed by atoms with Crippen LogP contribution >= 0.6 is 11.8 Å². The number of hydrogen-bond acceptors (Lipinski definition) is 6. The Morgan fingerprint density at radius 2 is 2.43 bits per heavy atom. The summed E-state index contributed by atoms with van der Waals surface area (Å²) in [6.07, 6.45) is 2.47. The topological polar surface area (TPSA) is 96.3 Å². The van der Waals surface area contributed by atoms with Crippen molar-refractivity contribution >= 4 is 29.4 Å². The van der Waals surface area contributed by atoms with Gasteiger partial charge in [0, 0.05) is 18.5 Å². The summed E-state index contributed by atoms with van der Waals surface area (Å²) in [6.45, 7) is 3.84. The Morgan fingerprint density at radius 1 is 1.62 bits per heavy atom. The molecule has 21 heavy (non-hydrogen) atoms. The molecule has 2 rings (SSSR count). The highest BCUT2D eigenvalue weighted by molar-refractivity contribution is 8.00. The number of carbonyl (C=O) groups excluding carboxylic acids is 2. The number of hydrogen-bond donors (Lipinski definition) is 3. The highest BCUT2D eigenvalue weighted by Crippen LogP contribution is 2.15. The number of rotatable bonds is 6. The molecule has 8 heteroatoms. The smallest absolute Gasteiger partial charge is 0.235 e. The first kappa shape index (κ1) is 15.8. The Morgan fingerprint density at radius 3 is 3.10 bits per heavy atom. The highest BCUT2D eigenvalue weighted by Gasteiger charge is 2.25. The van der Waals surface area contributed by atoms with E-state index in [0.29, 0.717) is 18.0 Å². The number of carbonyl (C=O) groups is 2. The number of amides is 2. The number of nitrogens with one attached hydrogen (secondary N) is 3. The lowest BCUT2D eigenvalue weighted by Crippen LogP contribution is -2.54. The molecule has 1 fully saturated rings. The van der Waals surface area contributed by atoms with E-state index in [2.05, 4.69) is 28.0 Å². The molecule has 0 aliphatic carbocycles. The van der Waals surface area contributed by atoms with Crippen LogP contribution in [-0.4, -0.2) is 34.3 Å². The second-order valence-corrected chi connectivity index (χ2v) is 6.08. The molecule has 0 radical (unpaired) electrons. The summed E-state index contributed by atoms with van der Waals surface area (Å²) in [4.78, 5) is 23.4. The molecule has 0 aromatic carbocycles. The Balaban J connectivity index is 1.76. The van der Waals surface area contributed by atoms with E-state index >= 15 is 0 Å². The van der Waals surface area contributed by atoms with Crippen LogP contribution in [0, 0.1) is 6.92 Å². The lowest BCUT2D eigenvalue weighted by molar-refractivity contribution is -0.123. The third-order valence-corrected chi connectivity index (χ3v) is 4.04. The lowest BCUT2D eigenvalue weighted by atomic mass is 10.1. The van der Waals surface area contributed by atoms with E-state index in [1.807, 2.05) is 0 Å². The lowest BCUT2D eigenvalue weighted by Gasteiger charge is -2.30. The first-order valence-corrected chi connectivity index (χ1v) is 8.02. The molecule has 116 valence electrons. The van der Waals surface area contributed by atoms with Gasteiger partial charge in [0.1, 0.15) is 11.3 Å². The third kappa shape index (κ3) is 5.05. The number of thioether (sulfide) groups is 1. The standard InChI is InChI=1S/C13H20N4O3S/c1-3-4-9-6-11(18)16-13(14-9)21-7-12(19)15-10-5-8(2)20-17-10/h5,9,13-14H,3-4,6-7H2,1-2H3,(H,16,18)(H,15,17,19). The van der Waals surface area contributed by atoms with Gasteiger partial charge in [-0.3, -0.25) is 14.9 Å². The fourth-order valence-electron chi connectivity index (χ4n) is 2.13. The summed E-state index contributed by atoms with van der Waals surface area (Å²) in [7, 11) is 0. The molecule has 3 N–H and O–H groups in total. The van der Waals surface area contributed by atoms with Gasteiger partial charge >= 0.3 is 0 Å². The summed E-state index contributed by atoms with van der Waals surface area (Å²) < 4.78 is 4.87. The predicted molar refractivity (Wildman–Crippen MR) is 80.7 cm³/mol. The van der Waals surface area contributed by atoms with Crippen LogP contribution in [0.25, 0.3) is 0 Å². The van der Waals surface area contributed by atoms with Gasteiger partial charge in [-0.15, -0.1) is 11.8 Å². The molecule has 1 saturated heterocycles. The molecule has 7 nitrogen and oxygen atoms in total. The number of aryl methyl sites for hydroxylation is 1. The van der Waals surface area contributed by atoms with Crippen molar-refractivity contribution < 1.29 is 14.1 Å².